The third-order valence-corrected chi connectivity index (χ3v) is 4.56. The number of pyridine rings is 1. The maximum absolute atomic E-state index is 12.2. The van der Waals surface area contributed by atoms with Crippen LogP contribution in [0.4, 0.5) is 0 Å². The summed E-state index contributed by atoms with van der Waals surface area (Å²) in [6.45, 7) is 2.10. The zero-order valence-electron chi connectivity index (χ0n) is 15.3. The Morgan fingerprint density at radius 3 is 2.70 bits per heavy atom. The van der Waals surface area contributed by atoms with Gasteiger partial charge in [-0.05, 0) is 25.8 Å². The van der Waals surface area contributed by atoms with Crippen LogP contribution >= 0.6 is 0 Å². The molecule has 3 aromatic rings. The average molecular weight is 363 g/mol. The second kappa shape index (κ2) is 7.19. The number of hydrogen-bond donors (Lipinski definition) is 1. The number of aromatic nitrogens is 4. The zero-order chi connectivity index (χ0) is 18.8. The van der Waals surface area contributed by atoms with Crippen molar-refractivity contribution in [3.8, 4) is 17.1 Å². The molecule has 138 valence electrons. The monoisotopic (exact) mass is 363 g/mol. The maximum atomic E-state index is 12.2. The minimum Gasteiger partial charge on any atom is -0.471 e. The Kier molecular flexibility index (Phi) is 4.58. The van der Waals surface area contributed by atoms with Gasteiger partial charge in [-0.2, -0.15) is 0 Å². The van der Waals surface area contributed by atoms with E-state index in [1.165, 1.54) is 0 Å². The average Bonchev–Trinajstić information content (AvgIpc) is 3.41. The second-order valence-corrected chi connectivity index (χ2v) is 6.69. The molecule has 0 spiro atoms. The predicted molar refractivity (Wildman–Crippen MR) is 100 cm³/mol. The van der Waals surface area contributed by atoms with Crippen molar-refractivity contribution in [1.29, 1.82) is 0 Å². The van der Waals surface area contributed by atoms with Crippen molar-refractivity contribution in [2.45, 2.75) is 32.4 Å². The van der Waals surface area contributed by atoms with Crippen LogP contribution in [0.1, 0.15) is 34.6 Å². The van der Waals surface area contributed by atoms with Gasteiger partial charge in [0.2, 0.25) is 5.88 Å². The van der Waals surface area contributed by atoms with Crippen molar-refractivity contribution >= 4 is 5.91 Å². The molecule has 7 heteroatoms. The first kappa shape index (κ1) is 17.2. The van der Waals surface area contributed by atoms with Crippen molar-refractivity contribution < 1.29 is 9.53 Å². The molecule has 0 radical (unpaired) electrons. The quantitative estimate of drug-likeness (QED) is 0.728. The van der Waals surface area contributed by atoms with Crippen LogP contribution < -0.4 is 10.1 Å². The highest BCUT2D eigenvalue weighted by Gasteiger charge is 2.24. The molecule has 27 heavy (non-hydrogen) atoms. The summed E-state index contributed by atoms with van der Waals surface area (Å²) in [5.41, 5.74) is 3.87. The molecule has 1 aliphatic carbocycles. The van der Waals surface area contributed by atoms with Gasteiger partial charge < -0.3 is 10.1 Å². The topological polar surface area (TPSA) is 81.9 Å². The van der Waals surface area contributed by atoms with E-state index < -0.39 is 0 Å². The largest absolute Gasteiger partial charge is 0.471 e. The van der Waals surface area contributed by atoms with E-state index in [-0.39, 0.29) is 12.5 Å². The summed E-state index contributed by atoms with van der Waals surface area (Å²) >= 11 is 0. The zero-order valence-corrected chi connectivity index (χ0v) is 15.3. The summed E-state index contributed by atoms with van der Waals surface area (Å²) in [5, 5.41) is 11.3. The van der Waals surface area contributed by atoms with Gasteiger partial charge in [-0.3, -0.25) is 4.79 Å². The fourth-order valence-electron chi connectivity index (χ4n) is 2.85. The standard InChI is InChI=1S/C20H21N5O2/c1-13-16(20(26)22-15-8-9-15)10-11-18(21-13)27-12-17-19(23-24-25(17)2)14-6-4-3-5-7-14/h3-7,10-11,15H,8-9,12H2,1-2H3,(H,22,26). The Labute approximate surface area is 157 Å². The van der Waals surface area contributed by atoms with Gasteiger partial charge in [-0.1, -0.05) is 35.5 Å². The van der Waals surface area contributed by atoms with Crippen LogP contribution in [0, 0.1) is 6.92 Å². The number of rotatable bonds is 6. The third kappa shape index (κ3) is 3.81. The number of hydrogen-bond acceptors (Lipinski definition) is 5. The lowest BCUT2D eigenvalue weighted by Gasteiger charge is -2.10. The van der Waals surface area contributed by atoms with Gasteiger partial charge in [-0.15, -0.1) is 5.10 Å². The molecule has 1 saturated carbocycles. The van der Waals surface area contributed by atoms with Gasteiger partial charge in [0.15, 0.2) is 0 Å². The van der Waals surface area contributed by atoms with Gasteiger partial charge in [0.25, 0.3) is 5.91 Å². The fourth-order valence-corrected chi connectivity index (χ4v) is 2.85. The van der Waals surface area contributed by atoms with Crippen molar-refractivity contribution in [3.05, 3.63) is 59.4 Å². The Bertz CT molecular complexity index is 964. The lowest BCUT2D eigenvalue weighted by molar-refractivity contribution is 0.0950. The number of carbonyl (C=O) groups excluding carboxylic acids is 1. The molecular formula is C20H21N5O2. The normalized spacial score (nSPS) is 13.4. The first-order valence-corrected chi connectivity index (χ1v) is 8.97. The molecular weight excluding hydrogens is 342 g/mol. The van der Waals surface area contributed by atoms with Crippen LogP contribution in [0.5, 0.6) is 5.88 Å². The van der Waals surface area contributed by atoms with E-state index in [9.17, 15) is 4.79 Å². The Balaban J connectivity index is 1.48. The number of aryl methyl sites for hydroxylation is 2. The molecule has 0 aliphatic heterocycles. The third-order valence-electron chi connectivity index (χ3n) is 4.56. The van der Waals surface area contributed by atoms with Crippen LogP contribution in [0.15, 0.2) is 42.5 Å². The minimum atomic E-state index is -0.0729. The van der Waals surface area contributed by atoms with E-state index in [4.69, 9.17) is 4.74 Å². The number of nitrogens with zero attached hydrogens (tertiary/aromatic N) is 4. The highest BCUT2D eigenvalue weighted by molar-refractivity contribution is 5.95. The van der Waals surface area contributed by atoms with E-state index in [0.29, 0.717) is 23.2 Å². The van der Waals surface area contributed by atoms with E-state index in [2.05, 4.69) is 20.6 Å². The molecule has 0 bridgehead atoms. The van der Waals surface area contributed by atoms with Crippen molar-refractivity contribution in [2.24, 2.45) is 7.05 Å². The number of amides is 1. The first-order chi connectivity index (χ1) is 13.1. The van der Waals surface area contributed by atoms with E-state index >= 15 is 0 Å². The summed E-state index contributed by atoms with van der Waals surface area (Å²) < 4.78 is 7.56. The minimum absolute atomic E-state index is 0.0729. The molecule has 1 fully saturated rings. The SMILES string of the molecule is Cc1nc(OCc2c(-c3ccccc3)nnn2C)ccc1C(=O)NC1CC1. The van der Waals surface area contributed by atoms with Gasteiger partial charge in [0.05, 0.1) is 11.3 Å². The van der Waals surface area contributed by atoms with Gasteiger partial charge in [0.1, 0.15) is 18.0 Å². The summed E-state index contributed by atoms with van der Waals surface area (Å²) in [4.78, 5) is 16.6. The van der Waals surface area contributed by atoms with Crippen LogP contribution in [-0.2, 0) is 13.7 Å². The molecule has 1 aromatic carbocycles. The molecule has 7 nitrogen and oxygen atoms in total. The predicted octanol–water partition coefficient (Wildman–Crippen LogP) is 2.66. The van der Waals surface area contributed by atoms with E-state index in [1.807, 2.05) is 44.3 Å². The van der Waals surface area contributed by atoms with Crippen LogP contribution in [0.2, 0.25) is 0 Å². The molecule has 0 atom stereocenters. The molecule has 1 amide bonds. The number of benzene rings is 1. The Morgan fingerprint density at radius 1 is 1.22 bits per heavy atom. The molecule has 0 saturated heterocycles. The Morgan fingerprint density at radius 2 is 2.00 bits per heavy atom. The Hall–Kier alpha value is -3.22. The number of nitrogens with one attached hydrogen (secondary N) is 1. The highest BCUT2D eigenvalue weighted by Crippen LogP contribution is 2.23. The van der Waals surface area contributed by atoms with Gasteiger partial charge in [-0.25, -0.2) is 9.67 Å². The molecule has 1 aliphatic rings. The van der Waals surface area contributed by atoms with Crippen LogP contribution in [0.3, 0.4) is 0 Å². The second-order valence-electron chi connectivity index (χ2n) is 6.69. The van der Waals surface area contributed by atoms with Gasteiger partial charge in [0, 0.05) is 24.7 Å². The molecule has 2 aromatic heterocycles. The first-order valence-electron chi connectivity index (χ1n) is 8.97. The molecule has 1 N–H and O–H groups in total. The van der Waals surface area contributed by atoms with E-state index in [1.54, 1.807) is 16.8 Å². The van der Waals surface area contributed by atoms with Crippen molar-refractivity contribution in [3.63, 3.8) is 0 Å². The number of carbonyl (C=O) groups is 1. The molecule has 0 unspecified atom stereocenters. The summed E-state index contributed by atoms with van der Waals surface area (Å²) in [7, 11) is 1.84. The maximum Gasteiger partial charge on any atom is 0.253 e. The van der Waals surface area contributed by atoms with Crippen molar-refractivity contribution in [2.75, 3.05) is 0 Å². The summed E-state index contributed by atoms with van der Waals surface area (Å²) in [5.74, 6) is 0.395. The van der Waals surface area contributed by atoms with Gasteiger partial charge >= 0.3 is 0 Å². The summed E-state index contributed by atoms with van der Waals surface area (Å²) in [6.07, 6.45) is 2.11. The smallest absolute Gasteiger partial charge is 0.253 e. The molecule has 2 heterocycles. The fraction of sp³-hybridized carbons (Fsp3) is 0.300. The van der Waals surface area contributed by atoms with Crippen molar-refractivity contribution in [1.82, 2.24) is 25.3 Å². The lowest BCUT2D eigenvalue weighted by atomic mass is 10.1. The number of ether oxygens (including phenoxy) is 1. The van der Waals surface area contributed by atoms with Crippen LogP contribution in [0.25, 0.3) is 11.3 Å². The highest BCUT2D eigenvalue weighted by atomic mass is 16.5. The van der Waals surface area contributed by atoms with Crippen LogP contribution in [-0.4, -0.2) is 31.9 Å². The lowest BCUT2D eigenvalue weighted by Crippen LogP contribution is -2.26. The summed E-state index contributed by atoms with van der Waals surface area (Å²) in [6, 6.07) is 13.7. The molecule has 4 rings (SSSR count). The van der Waals surface area contributed by atoms with E-state index in [0.717, 1.165) is 29.8 Å².